The van der Waals surface area contributed by atoms with Gasteiger partial charge in [0.05, 0.1) is 0 Å². The van der Waals surface area contributed by atoms with Crippen molar-refractivity contribution in [3.63, 3.8) is 0 Å². The van der Waals surface area contributed by atoms with Gasteiger partial charge < -0.3 is 10.2 Å². The summed E-state index contributed by atoms with van der Waals surface area (Å²) in [6.07, 6.45) is 3.23. The first-order valence-corrected chi connectivity index (χ1v) is 6.83. The van der Waals surface area contributed by atoms with Crippen LogP contribution in [0.15, 0.2) is 0 Å². The SMILES string of the molecule is CCCC(C)N(C)c1nc(CC)nc(NC)c1C. The second kappa shape index (κ2) is 6.57. The molecule has 1 heterocycles. The molecule has 1 aromatic heterocycles. The molecule has 1 rings (SSSR count). The first-order chi connectivity index (χ1) is 8.54. The summed E-state index contributed by atoms with van der Waals surface area (Å²) in [6.45, 7) is 8.63. The third kappa shape index (κ3) is 3.12. The number of hydrogen-bond acceptors (Lipinski definition) is 4. The summed E-state index contributed by atoms with van der Waals surface area (Å²) >= 11 is 0. The van der Waals surface area contributed by atoms with Crippen LogP contribution in [0.5, 0.6) is 0 Å². The lowest BCUT2D eigenvalue weighted by Gasteiger charge is -2.28. The van der Waals surface area contributed by atoms with Crippen LogP contribution in [-0.4, -0.2) is 30.1 Å². The molecular weight excluding hydrogens is 224 g/mol. The lowest BCUT2D eigenvalue weighted by atomic mass is 10.1. The Bertz CT molecular complexity index is 390. The van der Waals surface area contributed by atoms with E-state index in [-0.39, 0.29) is 0 Å². The molecule has 18 heavy (non-hydrogen) atoms. The van der Waals surface area contributed by atoms with Gasteiger partial charge in [-0.15, -0.1) is 0 Å². The third-order valence-corrected chi connectivity index (χ3v) is 3.42. The Kier molecular flexibility index (Phi) is 5.38. The van der Waals surface area contributed by atoms with Gasteiger partial charge in [-0.1, -0.05) is 20.3 Å². The summed E-state index contributed by atoms with van der Waals surface area (Å²) in [5.74, 6) is 2.88. The number of nitrogens with one attached hydrogen (secondary N) is 1. The van der Waals surface area contributed by atoms with E-state index in [4.69, 9.17) is 0 Å². The van der Waals surface area contributed by atoms with Crippen LogP contribution in [0, 0.1) is 6.92 Å². The van der Waals surface area contributed by atoms with Crippen LogP contribution in [0.1, 0.15) is 45.0 Å². The fraction of sp³-hybridized carbons (Fsp3) is 0.714. The van der Waals surface area contributed by atoms with Gasteiger partial charge in [0.2, 0.25) is 0 Å². The van der Waals surface area contributed by atoms with E-state index >= 15 is 0 Å². The van der Waals surface area contributed by atoms with E-state index in [1.165, 1.54) is 12.8 Å². The largest absolute Gasteiger partial charge is 0.373 e. The zero-order valence-electron chi connectivity index (χ0n) is 12.5. The van der Waals surface area contributed by atoms with Crippen LogP contribution in [0.2, 0.25) is 0 Å². The quantitative estimate of drug-likeness (QED) is 0.842. The highest BCUT2D eigenvalue weighted by Gasteiger charge is 2.16. The molecule has 0 saturated carbocycles. The van der Waals surface area contributed by atoms with Gasteiger partial charge in [-0.2, -0.15) is 0 Å². The fourth-order valence-electron chi connectivity index (χ4n) is 2.11. The number of rotatable bonds is 6. The highest BCUT2D eigenvalue weighted by Crippen LogP contribution is 2.24. The lowest BCUT2D eigenvalue weighted by molar-refractivity contribution is 0.608. The molecule has 0 aliphatic rings. The standard InChI is InChI=1S/C14H26N4/c1-7-9-10(3)18(6)14-11(4)13(15-5)16-12(8-2)17-14/h10H,7-9H2,1-6H3,(H,15,16,17). The molecule has 4 nitrogen and oxygen atoms in total. The minimum absolute atomic E-state index is 0.498. The molecule has 0 aliphatic carbocycles. The number of aromatic nitrogens is 2. The van der Waals surface area contributed by atoms with Crippen molar-refractivity contribution in [2.45, 2.75) is 53.0 Å². The Labute approximate surface area is 111 Å². The summed E-state index contributed by atoms with van der Waals surface area (Å²) < 4.78 is 0. The Morgan fingerprint density at radius 1 is 1.28 bits per heavy atom. The maximum atomic E-state index is 4.68. The van der Waals surface area contributed by atoms with Crippen LogP contribution in [-0.2, 0) is 6.42 Å². The van der Waals surface area contributed by atoms with Crippen molar-refractivity contribution >= 4 is 11.6 Å². The van der Waals surface area contributed by atoms with Gasteiger partial charge in [-0.05, 0) is 20.3 Å². The molecule has 0 amide bonds. The van der Waals surface area contributed by atoms with Gasteiger partial charge in [0.15, 0.2) is 0 Å². The van der Waals surface area contributed by atoms with Crippen molar-refractivity contribution in [1.29, 1.82) is 0 Å². The van der Waals surface area contributed by atoms with Crippen LogP contribution in [0.25, 0.3) is 0 Å². The number of nitrogens with zero attached hydrogens (tertiary/aromatic N) is 3. The van der Waals surface area contributed by atoms with E-state index in [0.29, 0.717) is 6.04 Å². The minimum Gasteiger partial charge on any atom is -0.373 e. The van der Waals surface area contributed by atoms with Crippen LogP contribution < -0.4 is 10.2 Å². The minimum atomic E-state index is 0.498. The molecule has 1 atom stereocenters. The molecule has 0 spiro atoms. The zero-order chi connectivity index (χ0) is 13.7. The van der Waals surface area contributed by atoms with Crippen LogP contribution >= 0.6 is 0 Å². The Morgan fingerprint density at radius 2 is 1.94 bits per heavy atom. The molecule has 102 valence electrons. The van der Waals surface area contributed by atoms with Gasteiger partial charge in [0, 0.05) is 32.1 Å². The first-order valence-electron chi connectivity index (χ1n) is 6.83. The molecule has 0 aromatic carbocycles. The van der Waals surface area contributed by atoms with Crippen molar-refractivity contribution in [2.24, 2.45) is 0 Å². The highest BCUT2D eigenvalue weighted by atomic mass is 15.2. The summed E-state index contributed by atoms with van der Waals surface area (Å²) in [7, 11) is 4.03. The molecule has 0 radical (unpaired) electrons. The molecular formula is C14H26N4. The Hall–Kier alpha value is -1.32. The van der Waals surface area contributed by atoms with Crippen molar-refractivity contribution in [3.8, 4) is 0 Å². The highest BCUT2D eigenvalue weighted by molar-refractivity contribution is 5.58. The summed E-state index contributed by atoms with van der Waals surface area (Å²) in [5.41, 5.74) is 1.13. The molecule has 1 N–H and O–H groups in total. The maximum absolute atomic E-state index is 4.68. The van der Waals surface area contributed by atoms with E-state index in [1.54, 1.807) is 0 Å². The van der Waals surface area contributed by atoms with E-state index in [2.05, 4.69) is 54.9 Å². The monoisotopic (exact) mass is 250 g/mol. The number of hydrogen-bond donors (Lipinski definition) is 1. The summed E-state index contributed by atoms with van der Waals surface area (Å²) in [6, 6.07) is 0.498. The third-order valence-electron chi connectivity index (χ3n) is 3.42. The summed E-state index contributed by atoms with van der Waals surface area (Å²) in [4.78, 5) is 11.5. The Morgan fingerprint density at radius 3 is 2.44 bits per heavy atom. The molecule has 0 aliphatic heterocycles. The van der Waals surface area contributed by atoms with Gasteiger partial charge in [0.25, 0.3) is 0 Å². The van der Waals surface area contributed by atoms with E-state index in [0.717, 1.165) is 29.4 Å². The number of anilines is 2. The average Bonchev–Trinajstić information content (AvgIpc) is 2.38. The molecule has 1 unspecified atom stereocenters. The fourth-order valence-corrected chi connectivity index (χ4v) is 2.11. The lowest BCUT2D eigenvalue weighted by Crippen LogP contribution is -2.30. The van der Waals surface area contributed by atoms with Crippen LogP contribution in [0.3, 0.4) is 0 Å². The molecule has 1 aromatic rings. The van der Waals surface area contributed by atoms with Crippen molar-refractivity contribution in [1.82, 2.24) is 9.97 Å². The predicted molar refractivity (Wildman–Crippen MR) is 78.5 cm³/mol. The average molecular weight is 250 g/mol. The second-order valence-corrected chi connectivity index (χ2v) is 4.79. The first kappa shape index (κ1) is 14.7. The maximum Gasteiger partial charge on any atom is 0.137 e. The van der Waals surface area contributed by atoms with Gasteiger partial charge >= 0.3 is 0 Å². The predicted octanol–water partition coefficient (Wildman–Crippen LogP) is 3.01. The normalized spacial score (nSPS) is 12.3. The van der Waals surface area contributed by atoms with Gasteiger partial charge in [-0.3, -0.25) is 0 Å². The second-order valence-electron chi connectivity index (χ2n) is 4.79. The van der Waals surface area contributed by atoms with Crippen LogP contribution in [0.4, 0.5) is 11.6 Å². The Balaban J connectivity index is 3.13. The molecule has 0 saturated heterocycles. The molecule has 0 bridgehead atoms. The van der Waals surface area contributed by atoms with E-state index in [9.17, 15) is 0 Å². The van der Waals surface area contributed by atoms with Crippen molar-refractivity contribution in [2.75, 3.05) is 24.3 Å². The molecule has 0 fully saturated rings. The van der Waals surface area contributed by atoms with Gasteiger partial charge in [0.1, 0.15) is 17.5 Å². The topological polar surface area (TPSA) is 41.1 Å². The zero-order valence-corrected chi connectivity index (χ0v) is 12.5. The number of aryl methyl sites for hydroxylation is 1. The van der Waals surface area contributed by atoms with Gasteiger partial charge in [-0.25, -0.2) is 9.97 Å². The van der Waals surface area contributed by atoms with Crippen molar-refractivity contribution < 1.29 is 0 Å². The summed E-state index contributed by atoms with van der Waals surface area (Å²) in [5, 5.41) is 3.16. The van der Waals surface area contributed by atoms with Crippen molar-refractivity contribution in [3.05, 3.63) is 11.4 Å². The van der Waals surface area contributed by atoms with E-state index < -0.39 is 0 Å². The van der Waals surface area contributed by atoms with E-state index in [1.807, 2.05) is 7.05 Å². The smallest absolute Gasteiger partial charge is 0.137 e. The molecule has 4 heteroatoms.